The molecule has 2 aromatic carbocycles. The summed E-state index contributed by atoms with van der Waals surface area (Å²) in [5, 5.41) is 11.1. The molecule has 0 aliphatic carbocycles. The van der Waals surface area contributed by atoms with Crippen molar-refractivity contribution >= 4 is 34.0 Å². The molecule has 0 saturated carbocycles. The highest BCUT2D eigenvalue weighted by Crippen LogP contribution is 2.25. The Morgan fingerprint density at radius 3 is 1.97 bits per heavy atom. The SMILES string of the molecule is Br.OCCCn1c(-c2ccc(OC(F)F)cc2)csc1=Nc1ccc(OC(F)F)cc1. The summed E-state index contributed by atoms with van der Waals surface area (Å²) in [5.41, 5.74) is 2.12. The molecule has 0 aliphatic rings. The molecule has 5 nitrogen and oxygen atoms in total. The predicted molar refractivity (Wildman–Crippen MR) is 115 cm³/mol. The van der Waals surface area contributed by atoms with Crippen molar-refractivity contribution in [3.63, 3.8) is 0 Å². The lowest BCUT2D eigenvalue weighted by Crippen LogP contribution is -2.16. The fraction of sp³-hybridized carbons (Fsp3) is 0.250. The molecular formula is C20H19BrF4N2O3S. The lowest BCUT2D eigenvalue weighted by atomic mass is 10.1. The highest BCUT2D eigenvalue weighted by molar-refractivity contribution is 8.93. The summed E-state index contributed by atoms with van der Waals surface area (Å²) in [5.74, 6) is 0.0944. The van der Waals surface area contributed by atoms with Gasteiger partial charge in [-0.15, -0.1) is 28.3 Å². The van der Waals surface area contributed by atoms with Crippen LogP contribution in [0.2, 0.25) is 0 Å². The summed E-state index contributed by atoms with van der Waals surface area (Å²) in [7, 11) is 0. The Kier molecular flexibility index (Phi) is 9.53. The van der Waals surface area contributed by atoms with Crippen LogP contribution in [0.1, 0.15) is 6.42 Å². The van der Waals surface area contributed by atoms with Crippen LogP contribution in [-0.4, -0.2) is 29.5 Å². The Morgan fingerprint density at radius 1 is 0.903 bits per heavy atom. The number of aliphatic hydroxyl groups excluding tert-OH is 1. The van der Waals surface area contributed by atoms with Crippen molar-refractivity contribution in [1.82, 2.24) is 4.57 Å². The molecule has 168 valence electrons. The molecular weight excluding hydrogens is 504 g/mol. The molecule has 0 fully saturated rings. The van der Waals surface area contributed by atoms with Crippen molar-refractivity contribution in [3.8, 4) is 22.8 Å². The van der Waals surface area contributed by atoms with E-state index in [0.29, 0.717) is 23.5 Å². The maximum absolute atomic E-state index is 12.3. The van der Waals surface area contributed by atoms with E-state index in [9.17, 15) is 22.7 Å². The lowest BCUT2D eigenvalue weighted by Gasteiger charge is -2.10. The first-order valence-electron chi connectivity index (χ1n) is 8.90. The van der Waals surface area contributed by atoms with Crippen molar-refractivity contribution < 1.29 is 32.1 Å². The van der Waals surface area contributed by atoms with Crippen LogP contribution in [0.15, 0.2) is 58.9 Å². The van der Waals surface area contributed by atoms with E-state index in [-0.39, 0.29) is 35.1 Å². The molecule has 31 heavy (non-hydrogen) atoms. The van der Waals surface area contributed by atoms with Crippen LogP contribution in [0.25, 0.3) is 11.3 Å². The smallest absolute Gasteiger partial charge is 0.387 e. The number of hydrogen-bond donors (Lipinski definition) is 1. The van der Waals surface area contributed by atoms with Gasteiger partial charge < -0.3 is 19.1 Å². The number of aromatic nitrogens is 1. The standard InChI is InChI=1S/C20H18F4N2O3S.BrH/c21-18(22)28-15-6-2-13(3-7-15)17-12-30-20(26(17)10-1-11-27)25-14-4-8-16(9-5-14)29-19(23)24;/h2-9,12,18-19,27H,1,10-11H2;1H. The van der Waals surface area contributed by atoms with Gasteiger partial charge in [-0.2, -0.15) is 17.6 Å². The summed E-state index contributed by atoms with van der Waals surface area (Å²) >= 11 is 1.36. The fourth-order valence-corrected chi connectivity index (χ4v) is 3.67. The number of alkyl halides is 4. The summed E-state index contributed by atoms with van der Waals surface area (Å²) in [6.07, 6.45) is 0.491. The maximum atomic E-state index is 12.3. The average Bonchev–Trinajstić information content (AvgIpc) is 3.10. The van der Waals surface area contributed by atoms with E-state index in [2.05, 4.69) is 14.5 Å². The molecule has 0 unspecified atom stereocenters. The van der Waals surface area contributed by atoms with E-state index in [4.69, 9.17) is 0 Å². The van der Waals surface area contributed by atoms with E-state index in [1.807, 2.05) is 9.95 Å². The third-order valence-corrected chi connectivity index (χ3v) is 4.86. The van der Waals surface area contributed by atoms with Crippen LogP contribution in [0.3, 0.4) is 0 Å². The minimum Gasteiger partial charge on any atom is -0.435 e. The number of ether oxygens (including phenoxy) is 2. The highest BCUT2D eigenvalue weighted by Gasteiger charge is 2.10. The van der Waals surface area contributed by atoms with Gasteiger partial charge in [-0.3, -0.25) is 0 Å². The second-order valence-electron chi connectivity index (χ2n) is 6.02. The quantitative estimate of drug-likeness (QED) is 0.371. The van der Waals surface area contributed by atoms with Crippen LogP contribution in [-0.2, 0) is 6.54 Å². The Morgan fingerprint density at radius 2 is 1.45 bits per heavy atom. The molecule has 0 spiro atoms. The minimum absolute atomic E-state index is 0. The number of aliphatic hydroxyl groups is 1. The lowest BCUT2D eigenvalue weighted by molar-refractivity contribution is -0.0505. The first kappa shape index (κ1) is 24.9. The summed E-state index contributed by atoms with van der Waals surface area (Å²) in [6.45, 7) is -5.32. The number of rotatable bonds is 9. The van der Waals surface area contributed by atoms with Crippen molar-refractivity contribution in [1.29, 1.82) is 0 Å². The van der Waals surface area contributed by atoms with Crippen molar-refractivity contribution in [3.05, 3.63) is 58.7 Å². The molecule has 1 heterocycles. The molecule has 0 atom stereocenters. The molecule has 3 rings (SSSR count). The van der Waals surface area contributed by atoms with Crippen LogP contribution in [0.5, 0.6) is 11.5 Å². The Labute approximate surface area is 190 Å². The van der Waals surface area contributed by atoms with Gasteiger partial charge in [0, 0.05) is 18.5 Å². The minimum atomic E-state index is -2.90. The van der Waals surface area contributed by atoms with Gasteiger partial charge >= 0.3 is 13.2 Å². The topological polar surface area (TPSA) is 56.0 Å². The maximum Gasteiger partial charge on any atom is 0.387 e. The average molecular weight is 523 g/mol. The Hall–Kier alpha value is -2.37. The van der Waals surface area contributed by atoms with Crippen molar-refractivity contribution in [2.75, 3.05) is 6.61 Å². The second kappa shape index (κ2) is 11.9. The molecule has 1 N–H and O–H groups in total. The van der Waals surface area contributed by atoms with E-state index < -0.39 is 13.2 Å². The molecule has 0 amide bonds. The van der Waals surface area contributed by atoms with Gasteiger partial charge in [-0.05, 0) is 60.5 Å². The van der Waals surface area contributed by atoms with E-state index >= 15 is 0 Å². The molecule has 1 aromatic heterocycles. The monoisotopic (exact) mass is 522 g/mol. The Bertz CT molecular complexity index is 1010. The van der Waals surface area contributed by atoms with Gasteiger partial charge in [0.15, 0.2) is 4.80 Å². The third-order valence-electron chi connectivity index (χ3n) is 4.00. The fourth-order valence-electron chi connectivity index (χ4n) is 2.71. The molecule has 0 radical (unpaired) electrons. The summed E-state index contributed by atoms with van der Waals surface area (Å²) in [4.78, 5) is 5.18. The van der Waals surface area contributed by atoms with Crippen LogP contribution >= 0.6 is 28.3 Å². The zero-order chi connectivity index (χ0) is 21.5. The predicted octanol–water partition coefficient (Wildman–Crippen LogP) is 5.61. The number of benzene rings is 2. The third kappa shape index (κ3) is 7.08. The van der Waals surface area contributed by atoms with Gasteiger partial charge in [-0.1, -0.05) is 0 Å². The number of hydrogen-bond acceptors (Lipinski definition) is 5. The van der Waals surface area contributed by atoms with Gasteiger partial charge in [-0.25, -0.2) is 4.99 Å². The number of nitrogens with zero attached hydrogens (tertiary/aromatic N) is 2. The largest absolute Gasteiger partial charge is 0.435 e. The summed E-state index contributed by atoms with van der Waals surface area (Å²) < 4.78 is 59.8. The molecule has 0 bridgehead atoms. The zero-order valence-electron chi connectivity index (χ0n) is 16.0. The van der Waals surface area contributed by atoms with Gasteiger partial charge in [0.2, 0.25) is 0 Å². The van der Waals surface area contributed by atoms with E-state index in [0.717, 1.165) is 11.3 Å². The van der Waals surface area contributed by atoms with Crippen molar-refractivity contribution in [2.45, 2.75) is 26.2 Å². The molecule has 11 heteroatoms. The molecule has 3 aromatic rings. The normalized spacial score (nSPS) is 11.6. The van der Waals surface area contributed by atoms with Gasteiger partial charge in [0.1, 0.15) is 11.5 Å². The molecule has 0 aliphatic heterocycles. The number of halogens is 5. The van der Waals surface area contributed by atoms with Crippen LogP contribution in [0, 0.1) is 0 Å². The zero-order valence-corrected chi connectivity index (χ0v) is 18.5. The van der Waals surface area contributed by atoms with Crippen LogP contribution < -0.4 is 14.3 Å². The van der Waals surface area contributed by atoms with Gasteiger partial charge in [0.25, 0.3) is 0 Å². The second-order valence-corrected chi connectivity index (χ2v) is 6.86. The Balaban J connectivity index is 0.00000341. The van der Waals surface area contributed by atoms with Crippen LogP contribution in [0.4, 0.5) is 23.2 Å². The van der Waals surface area contributed by atoms with Crippen molar-refractivity contribution in [2.24, 2.45) is 4.99 Å². The van der Waals surface area contributed by atoms with E-state index in [1.54, 1.807) is 24.3 Å². The number of thiazole rings is 1. The van der Waals surface area contributed by atoms with Gasteiger partial charge in [0.05, 0.1) is 11.4 Å². The summed E-state index contributed by atoms with van der Waals surface area (Å²) in [6, 6.07) is 12.2. The first-order valence-corrected chi connectivity index (χ1v) is 9.78. The first-order chi connectivity index (χ1) is 14.5. The highest BCUT2D eigenvalue weighted by atomic mass is 79.9. The molecule has 0 saturated heterocycles. The van der Waals surface area contributed by atoms with E-state index in [1.165, 1.54) is 35.6 Å².